The van der Waals surface area contributed by atoms with Crippen molar-refractivity contribution < 1.29 is 37.3 Å². The number of amides is 1. The molecule has 1 aromatic carbocycles. The average molecular weight is 321 g/mol. The number of aromatic carboxylic acids is 1. The lowest BCUT2D eigenvalue weighted by molar-refractivity contribution is -0.274. The molecule has 0 bridgehead atoms. The number of carbonyl (C=O) groups excluding carboxylic acids is 1. The Morgan fingerprint density at radius 1 is 1.18 bits per heavy atom. The van der Waals surface area contributed by atoms with Crippen LogP contribution in [0.15, 0.2) is 18.2 Å². The fourth-order valence-electron chi connectivity index (χ4n) is 1.42. The first kappa shape index (κ1) is 17.6. The monoisotopic (exact) mass is 321 g/mol. The maximum atomic E-state index is 12.2. The van der Waals surface area contributed by atoms with Crippen LogP contribution in [0.5, 0.6) is 5.75 Å². The highest BCUT2D eigenvalue weighted by Gasteiger charge is 2.31. The lowest BCUT2D eigenvalue weighted by Crippen LogP contribution is -2.27. The van der Waals surface area contributed by atoms with E-state index in [-0.39, 0.29) is 5.69 Å². The zero-order chi connectivity index (χ0) is 17.1. The van der Waals surface area contributed by atoms with Crippen LogP contribution in [-0.2, 0) is 4.74 Å². The van der Waals surface area contributed by atoms with E-state index < -0.39 is 35.3 Å². The highest BCUT2D eigenvalue weighted by molar-refractivity contribution is 5.99. The average Bonchev–Trinajstić information content (AvgIpc) is 2.23. The molecule has 0 aromatic heterocycles. The smallest absolute Gasteiger partial charge is 0.478 e. The van der Waals surface area contributed by atoms with Crippen molar-refractivity contribution in [2.75, 3.05) is 5.32 Å². The predicted molar refractivity (Wildman–Crippen MR) is 69.9 cm³/mol. The molecular weight excluding hydrogens is 307 g/mol. The third kappa shape index (κ3) is 5.90. The summed E-state index contributed by atoms with van der Waals surface area (Å²) in [6.07, 6.45) is -5.94. The zero-order valence-electron chi connectivity index (χ0n) is 11.9. The largest absolute Gasteiger partial charge is 0.573 e. The van der Waals surface area contributed by atoms with E-state index in [0.717, 1.165) is 18.2 Å². The Hall–Kier alpha value is -2.45. The summed E-state index contributed by atoms with van der Waals surface area (Å²) < 4.78 is 45.1. The van der Waals surface area contributed by atoms with E-state index in [1.807, 2.05) is 0 Å². The molecule has 0 spiro atoms. The summed E-state index contributed by atoms with van der Waals surface area (Å²) in [6.45, 7) is 4.73. The molecule has 0 atom stereocenters. The molecule has 1 aromatic rings. The van der Waals surface area contributed by atoms with E-state index in [0.29, 0.717) is 0 Å². The number of hydrogen-bond donors (Lipinski definition) is 2. The van der Waals surface area contributed by atoms with Crippen LogP contribution in [0.3, 0.4) is 0 Å². The molecule has 1 rings (SSSR count). The summed E-state index contributed by atoms with van der Waals surface area (Å²) in [7, 11) is 0. The SMILES string of the molecule is CC(C)(C)OC(=O)Nc1cc(OC(F)(F)F)ccc1C(=O)O. The van der Waals surface area contributed by atoms with Gasteiger partial charge in [0.15, 0.2) is 0 Å². The molecule has 9 heteroatoms. The lowest BCUT2D eigenvalue weighted by atomic mass is 10.1. The molecule has 0 radical (unpaired) electrons. The van der Waals surface area contributed by atoms with Crippen molar-refractivity contribution >= 4 is 17.7 Å². The molecule has 2 N–H and O–H groups in total. The summed E-state index contributed by atoms with van der Waals surface area (Å²) >= 11 is 0. The number of benzene rings is 1. The summed E-state index contributed by atoms with van der Waals surface area (Å²) in [6, 6.07) is 2.47. The summed E-state index contributed by atoms with van der Waals surface area (Å²) in [5.74, 6) is -2.09. The standard InChI is InChI=1S/C13H14F3NO5/c1-12(2,3)22-11(20)17-9-6-7(21-13(14,15)16)4-5-8(9)10(18)19/h4-6H,1-3H3,(H,17,20)(H,18,19). The van der Waals surface area contributed by atoms with Crippen LogP contribution in [0.4, 0.5) is 23.7 Å². The lowest BCUT2D eigenvalue weighted by Gasteiger charge is -2.20. The Kier molecular flexibility index (Phi) is 4.90. The van der Waals surface area contributed by atoms with Crippen LogP contribution in [0, 0.1) is 0 Å². The molecule has 0 unspecified atom stereocenters. The third-order valence-electron chi connectivity index (χ3n) is 2.09. The molecule has 0 saturated carbocycles. The summed E-state index contributed by atoms with van der Waals surface area (Å²) in [5.41, 5.74) is -1.63. The first-order valence-corrected chi connectivity index (χ1v) is 6.00. The first-order chi connectivity index (χ1) is 9.87. The van der Waals surface area contributed by atoms with Crippen LogP contribution in [0.1, 0.15) is 31.1 Å². The number of carbonyl (C=O) groups is 2. The van der Waals surface area contributed by atoms with E-state index >= 15 is 0 Å². The minimum absolute atomic E-state index is 0.372. The quantitative estimate of drug-likeness (QED) is 0.888. The van der Waals surface area contributed by atoms with Crippen molar-refractivity contribution in [3.05, 3.63) is 23.8 Å². The van der Waals surface area contributed by atoms with Gasteiger partial charge in [-0.25, -0.2) is 9.59 Å². The van der Waals surface area contributed by atoms with E-state index in [1.165, 1.54) is 0 Å². The highest BCUT2D eigenvalue weighted by atomic mass is 19.4. The van der Waals surface area contributed by atoms with Gasteiger partial charge in [0, 0.05) is 6.07 Å². The fraction of sp³-hybridized carbons (Fsp3) is 0.385. The molecule has 0 aliphatic heterocycles. The van der Waals surface area contributed by atoms with Gasteiger partial charge in [0.05, 0.1) is 11.3 Å². The van der Waals surface area contributed by atoms with E-state index in [9.17, 15) is 22.8 Å². The maximum absolute atomic E-state index is 12.2. The molecule has 22 heavy (non-hydrogen) atoms. The second-order valence-electron chi connectivity index (χ2n) is 5.19. The minimum atomic E-state index is -4.94. The van der Waals surface area contributed by atoms with Gasteiger partial charge in [0.1, 0.15) is 11.4 Å². The van der Waals surface area contributed by atoms with Gasteiger partial charge in [0.25, 0.3) is 0 Å². The van der Waals surface area contributed by atoms with Gasteiger partial charge in [-0.1, -0.05) is 0 Å². The molecule has 1 amide bonds. The van der Waals surface area contributed by atoms with Gasteiger partial charge in [0.2, 0.25) is 0 Å². The number of halogens is 3. The minimum Gasteiger partial charge on any atom is -0.478 e. The van der Waals surface area contributed by atoms with Crippen molar-refractivity contribution in [2.45, 2.75) is 32.7 Å². The number of nitrogens with one attached hydrogen (secondary N) is 1. The number of ether oxygens (including phenoxy) is 2. The second-order valence-corrected chi connectivity index (χ2v) is 5.19. The van der Waals surface area contributed by atoms with E-state index in [4.69, 9.17) is 9.84 Å². The number of carboxylic acids is 1. The number of hydrogen-bond acceptors (Lipinski definition) is 4. The summed E-state index contributed by atoms with van der Waals surface area (Å²) in [4.78, 5) is 22.6. The highest BCUT2D eigenvalue weighted by Crippen LogP contribution is 2.28. The van der Waals surface area contributed by atoms with E-state index in [2.05, 4.69) is 10.1 Å². The molecule has 0 aliphatic rings. The van der Waals surface area contributed by atoms with E-state index in [1.54, 1.807) is 20.8 Å². The Balaban J connectivity index is 3.05. The van der Waals surface area contributed by atoms with Crippen LogP contribution in [-0.4, -0.2) is 29.1 Å². The first-order valence-electron chi connectivity index (χ1n) is 6.00. The Labute approximate surface area is 123 Å². The van der Waals surface area contributed by atoms with Crippen molar-refractivity contribution in [3.8, 4) is 5.75 Å². The van der Waals surface area contributed by atoms with Gasteiger partial charge >= 0.3 is 18.4 Å². The van der Waals surface area contributed by atoms with Gasteiger partial charge in [-0.05, 0) is 32.9 Å². The number of alkyl halides is 3. The van der Waals surface area contributed by atoms with Gasteiger partial charge < -0.3 is 14.6 Å². The van der Waals surface area contributed by atoms with Crippen LogP contribution < -0.4 is 10.1 Å². The molecular formula is C13H14F3NO5. The van der Waals surface area contributed by atoms with Crippen molar-refractivity contribution in [2.24, 2.45) is 0 Å². The predicted octanol–water partition coefficient (Wildman–Crippen LogP) is 3.63. The van der Waals surface area contributed by atoms with Crippen molar-refractivity contribution in [3.63, 3.8) is 0 Å². The van der Waals surface area contributed by atoms with Gasteiger partial charge in [-0.15, -0.1) is 13.2 Å². The van der Waals surface area contributed by atoms with Gasteiger partial charge in [-0.2, -0.15) is 0 Å². The van der Waals surface area contributed by atoms with Gasteiger partial charge in [-0.3, -0.25) is 5.32 Å². The fourth-order valence-corrected chi connectivity index (χ4v) is 1.42. The molecule has 0 aliphatic carbocycles. The Bertz CT molecular complexity index is 578. The number of rotatable bonds is 3. The number of carboxylic acid groups (broad SMARTS) is 1. The maximum Gasteiger partial charge on any atom is 0.573 e. The third-order valence-corrected chi connectivity index (χ3v) is 2.09. The topological polar surface area (TPSA) is 84.9 Å². The molecule has 0 fully saturated rings. The Morgan fingerprint density at radius 3 is 2.23 bits per heavy atom. The number of anilines is 1. The molecule has 122 valence electrons. The molecule has 0 heterocycles. The van der Waals surface area contributed by atoms with Crippen LogP contribution in [0.2, 0.25) is 0 Å². The van der Waals surface area contributed by atoms with Crippen molar-refractivity contribution in [1.82, 2.24) is 0 Å². The summed E-state index contributed by atoms with van der Waals surface area (Å²) in [5, 5.41) is 11.1. The molecule has 0 saturated heterocycles. The second kappa shape index (κ2) is 6.12. The zero-order valence-corrected chi connectivity index (χ0v) is 11.9. The normalized spacial score (nSPS) is 11.7. The Morgan fingerprint density at radius 2 is 1.77 bits per heavy atom. The molecule has 6 nitrogen and oxygen atoms in total. The van der Waals surface area contributed by atoms with Crippen LogP contribution >= 0.6 is 0 Å². The van der Waals surface area contributed by atoms with Crippen LogP contribution in [0.25, 0.3) is 0 Å². The van der Waals surface area contributed by atoms with Crippen molar-refractivity contribution in [1.29, 1.82) is 0 Å².